The fraction of sp³-hybridized carbons (Fsp3) is 0.333. The van der Waals surface area contributed by atoms with Crippen LogP contribution < -0.4 is 0 Å². The van der Waals surface area contributed by atoms with Crippen molar-refractivity contribution in [1.82, 2.24) is 4.31 Å². The van der Waals surface area contributed by atoms with Gasteiger partial charge in [-0.25, -0.2) is 8.42 Å². The van der Waals surface area contributed by atoms with Gasteiger partial charge in [0.05, 0.1) is 11.1 Å². The number of aryl methyl sites for hydroxylation is 1. The minimum atomic E-state index is -3.55. The minimum absolute atomic E-state index is 0.0626. The topological polar surface area (TPSA) is 37.4 Å². The predicted molar refractivity (Wildman–Crippen MR) is 86.4 cm³/mol. The molecule has 2 aromatic rings. The van der Waals surface area contributed by atoms with Crippen LogP contribution >= 0.6 is 22.9 Å². The Morgan fingerprint density at radius 3 is 2.81 bits per heavy atom. The summed E-state index contributed by atoms with van der Waals surface area (Å²) in [5.74, 6) is 0. The molecular weight excluding hydrogens is 326 g/mol. The van der Waals surface area contributed by atoms with Gasteiger partial charge >= 0.3 is 0 Å². The van der Waals surface area contributed by atoms with Gasteiger partial charge in [0.2, 0.25) is 10.0 Å². The molecule has 1 saturated heterocycles. The molecule has 1 aliphatic rings. The van der Waals surface area contributed by atoms with Crippen molar-refractivity contribution in [3.05, 3.63) is 51.2 Å². The Labute approximate surface area is 134 Å². The minimum Gasteiger partial charge on any atom is -0.207 e. The lowest BCUT2D eigenvalue weighted by Gasteiger charge is -2.23. The van der Waals surface area contributed by atoms with Crippen LogP contribution in [0.1, 0.15) is 29.3 Å². The van der Waals surface area contributed by atoms with Crippen molar-refractivity contribution < 1.29 is 8.42 Å². The maximum atomic E-state index is 12.9. The van der Waals surface area contributed by atoms with Gasteiger partial charge in [-0.15, -0.1) is 11.3 Å². The van der Waals surface area contributed by atoms with Gasteiger partial charge < -0.3 is 0 Å². The lowest BCUT2D eigenvalue weighted by molar-refractivity contribution is 0.401. The third-order valence-corrected chi connectivity index (χ3v) is 7.11. The zero-order chi connectivity index (χ0) is 15.0. The summed E-state index contributed by atoms with van der Waals surface area (Å²) in [7, 11) is -3.55. The highest BCUT2D eigenvalue weighted by Gasteiger charge is 2.37. The van der Waals surface area contributed by atoms with Crippen LogP contribution in [0.3, 0.4) is 0 Å². The number of nitrogens with zero attached hydrogens (tertiary/aromatic N) is 1. The lowest BCUT2D eigenvalue weighted by atomic mass is 10.2. The van der Waals surface area contributed by atoms with Crippen molar-refractivity contribution in [2.45, 2.75) is 30.7 Å². The zero-order valence-electron chi connectivity index (χ0n) is 11.6. The molecule has 0 spiro atoms. The van der Waals surface area contributed by atoms with E-state index in [0.29, 0.717) is 11.6 Å². The Morgan fingerprint density at radius 2 is 2.14 bits per heavy atom. The molecule has 0 amide bonds. The van der Waals surface area contributed by atoms with Gasteiger partial charge in [0.1, 0.15) is 4.90 Å². The molecule has 0 radical (unpaired) electrons. The lowest BCUT2D eigenvalue weighted by Crippen LogP contribution is -2.30. The van der Waals surface area contributed by atoms with Crippen molar-refractivity contribution in [3.8, 4) is 0 Å². The summed E-state index contributed by atoms with van der Waals surface area (Å²) in [4.78, 5) is 1.30. The predicted octanol–water partition coefficient (Wildman–Crippen LogP) is 4.24. The van der Waals surface area contributed by atoms with Crippen LogP contribution in [-0.2, 0) is 10.0 Å². The molecule has 0 aliphatic carbocycles. The highest BCUT2D eigenvalue weighted by Crippen LogP contribution is 2.39. The Balaban J connectivity index is 2.01. The number of halogens is 1. The van der Waals surface area contributed by atoms with E-state index in [1.807, 2.05) is 24.4 Å². The monoisotopic (exact) mass is 341 g/mol. The first kappa shape index (κ1) is 15.0. The summed E-state index contributed by atoms with van der Waals surface area (Å²) in [6.07, 6.45) is 1.74. The summed E-state index contributed by atoms with van der Waals surface area (Å²) in [6, 6.07) is 8.99. The fourth-order valence-corrected chi connectivity index (χ4v) is 5.92. The molecule has 112 valence electrons. The average Bonchev–Trinajstić information content (AvgIpc) is 3.09. The first-order valence-electron chi connectivity index (χ1n) is 6.81. The van der Waals surface area contributed by atoms with Crippen molar-refractivity contribution in [2.75, 3.05) is 6.54 Å². The van der Waals surface area contributed by atoms with Crippen molar-refractivity contribution in [2.24, 2.45) is 0 Å². The number of rotatable bonds is 3. The van der Waals surface area contributed by atoms with E-state index >= 15 is 0 Å². The smallest absolute Gasteiger partial charge is 0.207 e. The molecule has 3 nitrogen and oxygen atoms in total. The number of thiophene rings is 1. The molecule has 0 N–H and O–H groups in total. The summed E-state index contributed by atoms with van der Waals surface area (Å²) in [5.41, 5.74) is 0.954. The van der Waals surface area contributed by atoms with Crippen LogP contribution in [0, 0.1) is 6.92 Å². The first-order valence-corrected chi connectivity index (χ1v) is 9.51. The number of benzene rings is 1. The highest BCUT2D eigenvalue weighted by atomic mass is 35.5. The molecule has 1 aliphatic heterocycles. The summed E-state index contributed by atoms with van der Waals surface area (Å²) >= 11 is 7.76. The second-order valence-corrected chi connectivity index (χ2v) is 8.47. The van der Waals surface area contributed by atoms with E-state index in [1.165, 1.54) is 0 Å². The Bertz CT molecular complexity index is 741. The molecule has 1 aromatic heterocycles. The number of hydrogen-bond acceptors (Lipinski definition) is 3. The van der Waals surface area contributed by atoms with Crippen LogP contribution in [-0.4, -0.2) is 19.3 Å². The van der Waals surface area contributed by atoms with E-state index < -0.39 is 10.0 Å². The third kappa shape index (κ3) is 2.75. The average molecular weight is 342 g/mol. The van der Waals surface area contributed by atoms with Crippen molar-refractivity contribution in [3.63, 3.8) is 0 Å². The van der Waals surface area contributed by atoms with Crippen LogP contribution in [0.25, 0.3) is 0 Å². The van der Waals surface area contributed by atoms with E-state index in [-0.39, 0.29) is 10.9 Å². The van der Waals surface area contributed by atoms with E-state index in [4.69, 9.17) is 11.6 Å². The van der Waals surface area contributed by atoms with Crippen molar-refractivity contribution in [1.29, 1.82) is 0 Å². The SMILES string of the molecule is Cc1ccc(S(=O)(=O)N2CCC[C@@H]2c2cccs2)c(Cl)c1. The summed E-state index contributed by atoms with van der Waals surface area (Å²) < 4.78 is 27.4. The van der Waals surface area contributed by atoms with Gasteiger partial charge in [-0.3, -0.25) is 0 Å². The van der Waals surface area contributed by atoms with Crippen LogP contribution in [0.5, 0.6) is 0 Å². The van der Waals surface area contributed by atoms with Gasteiger partial charge in [-0.2, -0.15) is 4.31 Å². The van der Waals surface area contributed by atoms with E-state index in [0.717, 1.165) is 23.3 Å². The summed E-state index contributed by atoms with van der Waals surface area (Å²) in [5, 5.41) is 2.28. The van der Waals surface area contributed by atoms with E-state index in [1.54, 1.807) is 33.8 Å². The Kier molecular flexibility index (Phi) is 4.10. The van der Waals surface area contributed by atoms with Crippen molar-refractivity contribution >= 4 is 33.0 Å². The van der Waals surface area contributed by atoms with Crippen LogP contribution in [0.15, 0.2) is 40.6 Å². The second-order valence-electron chi connectivity index (χ2n) is 5.22. The largest absolute Gasteiger partial charge is 0.245 e. The van der Waals surface area contributed by atoms with Gasteiger partial charge in [0.15, 0.2) is 0 Å². The molecule has 6 heteroatoms. The van der Waals surface area contributed by atoms with Crippen LogP contribution in [0.4, 0.5) is 0 Å². The van der Waals surface area contributed by atoms with E-state index in [9.17, 15) is 8.42 Å². The Morgan fingerprint density at radius 1 is 1.33 bits per heavy atom. The molecular formula is C15H16ClNO2S2. The Hall–Kier alpha value is -0.880. The maximum absolute atomic E-state index is 12.9. The molecule has 21 heavy (non-hydrogen) atoms. The highest BCUT2D eigenvalue weighted by molar-refractivity contribution is 7.89. The van der Waals surface area contributed by atoms with Crippen LogP contribution in [0.2, 0.25) is 5.02 Å². The number of sulfonamides is 1. The molecule has 2 heterocycles. The van der Waals surface area contributed by atoms with Gasteiger partial charge in [-0.1, -0.05) is 23.7 Å². The van der Waals surface area contributed by atoms with Gasteiger partial charge in [-0.05, 0) is 48.9 Å². The quantitative estimate of drug-likeness (QED) is 0.837. The molecule has 3 rings (SSSR count). The standard InChI is InChI=1S/C15H16ClNO2S2/c1-11-6-7-15(12(16)10-11)21(18,19)17-8-2-4-13(17)14-5-3-9-20-14/h3,5-7,9-10,13H,2,4,8H2,1H3/t13-/m1/s1. The number of hydrogen-bond donors (Lipinski definition) is 0. The molecule has 0 bridgehead atoms. The summed E-state index contributed by atoms with van der Waals surface area (Å²) in [6.45, 7) is 2.45. The second kappa shape index (κ2) is 5.72. The molecule has 0 unspecified atom stereocenters. The molecule has 0 saturated carbocycles. The maximum Gasteiger partial charge on any atom is 0.245 e. The molecule has 1 fully saturated rings. The fourth-order valence-electron chi connectivity index (χ4n) is 2.73. The van der Waals surface area contributed by atoms with Gasteiger partial charge in [0, 0.05) is 11.4 Å². The third-order valence-electron chi connectivity index (χ3n) is 3.75. The zero-order valence-corrected chi connectivity index (χ0v) is 14.0. The molecule has 1 atom stereocenters. The normalized spacial score (nSPS) is 20.0. The van der Waals surface area contributed by atoms with E-state index in [2.05, 4.69) is 0 Å². The first-order chi connectivity index (χ1) is 10.00. The molecule has 1 aromatic carbocycles. The van der Waals surface area contributed by atoms with Gasteiger partial charge in [0.25, 0.3) is 0 Å².